The largest absolute Gasteiger partial charge is 0.481 e. The molecule has 27 heavy (non-hydrogen) atoms. The molecule has 144 valence electrons. The molecule has 0 saturated carbocycles. The lowest BCUT2D eigenvalue weighted by Crippen LogP contribution is -2.38. The molecule has 1 saturated heterocycles. The molecule has 0 atom stereocenters. The van der Waals surface area contributed by atoms with Crippen LogP contribution in [0.15, 0.2) is 24.4 Å². The van der Waals surface area contributed by atoms with E-state index < -0.39 is 11.8 Å². The van der Waals surface area contributed by atoms with Crippen LogP contribution in [0, 0.1) is 18.2 Å². The molecule has 1 aromatic heterocycles. The van der Waals surface area contributed by atoms with Gasteiger partial charge in [0.15, 0.2) is 0 Å². The van der Waals surface area contributed by atoms with E-state index >= 15 is 0 Å². The van der Waals surface area contributed by atoms with E-state index in [-0.39, 0.29) is 16.9 Å². The summed E-state index contributed by atoms with van der Waals surface area (Å²) in [6.45, 7) is 7.91. The highest BCUT2D eigenvalue weighted by molar-refractivity contribution is 6.33. The fraction of sp³-hybridized carbons (Fsp3) is 0.429. The van der Waals surface area contributed by atoms with E-state index in [0.29, 0.717) is 22.4 Å². The molecule has 0 radical (unpaired) electrons. The number of aliphatic carboxylic acids is 1. The molecule has 6 heteroatoms. The molecule has 0 bridgehead atoms. The quantitative estimate of drug-likeness (QED) is 0.788. The van der Waals surface area contributed by atoms with Gasteiger partial charge in [0.05, 0.1) is 17.1 Å². The minimum atomic E-state index is -0.916. The summed E-state index contributed by atoms with van der Waals surface area (Å²) in [6, 6.07) is 4.67. The van der Waals surface area contributed by atoms with Gasteiger partial charge in [-0.25, -0.2) is 4.39 Å². The van der Waals surface area contributed by atoms with Gasteiger partial charge in [0, 0.05) is 41.7 Å². The summed E-state index contributed by atoms with van der Waals surface area (Å²) in [4.78, 5) is 18.1. The van der Waals surface area contributed by atoms with Crippen LogP contribution in [-0.2, 0) is 11.2 Å². The molecule has 2 aromatic rings. The first-order valence-corrected chi connectivity index (χ1v) is 9.47. The minimum absolute atomic E-state index is 0.0306. The fourth-order valence-electron chi connectivity index (χ4n) is 3.60. The Kier molecular flexibility index (Phi) is 5.43. The summed E-state index contributed by atoms with van der Waals surface area (Å²) in [5.74, 6) is -1.42. The van der Waals surface area contributed by atoms with E-state index in [0.717, 1.165) is 31.6 Å². The van der Waals surface area contributed by atoms with Gasteiger partial charge in [-0.2, -0.15) is 0 Å². The molecular weight excluding hydrogens is 367 g/mol. The maximum absolute atomic E-state index is 14.1. The fourth-order valence-corrected chi connectivity index (χ4v) is 3.83. The summed E-state index contributed by atoms with van der Waals surface area (Å²) in [6.07, 6.45) is 3.54. The Morgan fingerprint density at radius 2 is 1.96 bits per heavy atom. The van der Waals surface area contributed by atoms with Gasteiger partial charge in [0.25, 0.3) is 0 Å². The average molecular weight is 391 g/mol. The van der Waals surface area contributed by atoms with E-state index in [2.05, 4.69) is 23.7 Å². The van der Waals surface area contributed by atoms with Crippen LogP contribution < -0.4 is 4.90 Å². The Morgan fingerprint density at radius 3 is 2.59 bits per heavy atom. The van der Waals surface area contributed by atoms with Crippen LogP contribution in [0.5, 0.6) is 0 Å². The van der Waals surface area contributed by atoms with Crippen LogP contribution in [0.2, 0.25) is 5.02 Å². The van der Waals surface area contributed by atoms with E-state index in [4.69, 9.17) is 11.6 Å². The lowest BCUT2D eigenvalue weighted by Gasteiger charge is -2.40. The van der Waals surface area contributed by atoms with Crippen molar-refractivity contribution in [1.29, 1.82) is 0 Å². The van der Waals surface area contributed by atoms with Crippen molar-refractivity contribution in [3.05, 3.63) is 46.5 Å². The molecule has 2 heterocycles. The molecule has 1 aliphatic heterocycles. The van der Waals surface area contributed by atoms with E-state index in [1.54, 1.807) is 18.3 Å². The Hall–Kier alpha value is -2.14. The van der Waals surface area contributed by atoms with Gasteiger partial charge in [-0.15, -0.1) is 0 Å². The lowest BCUT2D eigenvalue weighted by molar-refractivity contribution is -0.136. The zero-order valence-electron chi connectivity index (χ0n) is 15.9. The summed E-state index contributed by atoms with van der Waals surface area (Å²) >= 11 is 6.24. The Balaban J connectivity index is 2.19. The normalized spacial score (nSPS) is 16.4. The standard InChI is InChI=1S/C21H24ClFN2O2/c1-13-15(11-18(26)27)20(25-9-7-21(2,3)8-10-25)16(12-24-13)14-5-4-6-17(23)19(14)22/h4-6,12H,7-11H2,1-3H3,(H,26,27). The predicted octanol–water partition coefficient (Wildman–Crippen LogP) is 5.10. The number of benzene rings is 1. The third-order valence-corrected chi connectivity index (χ3v) is 5.75. The highest BCUT2D eigenvalue weighted by Gasteiger charge is 2.29. The molecule has 0 spiro atoms. The topological polar surface area (TPSA) is 53.4 Å². The van der Waals surface area contributed by atoms with Crippen LogP contribution in [-0.4, -0.2) is 29.1 Å². The van der Waals surface area contributed by atoms with Crippen molar-refractivity contribution in [1.82, 2.24) is 4.98 Å². The monoisotopic (exact) mass is 390 g/mol. The number of aromatic nitrogens is 1. The number of pyridine rings is 1. The maximum Gasteiger partial charge on any atom is 0.307 e. The SMILES string of the molecule is Cc1ncc(-c2cccc(F)c2Cl)c(N2CCC(C)(C)CC2)c1CC(=O)O. The van der Waals surface area contributed by atoms with Crippen molar-refractivity contribution in [2.45, 2.75) is 40.0 Å². The number of anilines is 1. The summed E-state index contributed by atoms with van der Waals surface area (Å²) < 4.78 is 14.1. The number of rotatable bonds is 4. The number of halogens is 2. The molecule has 0 unspecified atom stereocenters. The predicted molar refractivity (Wildman–Crippen MR) is 106 cm³/mol. The van der Waals surface area contributed by atoms with Crippen LogP contribution in [0.25, 0.3) is 11.1 Å². The number of aryl methyl sites for hydroxylation is 1. The summed E-state index contributed by atoms with van der Waals surface area (Å²) in [7, 11) is 0. The molecule has 4 nitrogen and oxygen atoms in total. The van der Waals surface area contributed by atoms with Gasteiger partial charge < -0.3 is 10.0 Å². The van der Waals surface area contributed by atoms with Crippen molar-refractivity contribution in [3.63, 3.8) is 0 Å². The van der Waals surface area contributed by atoms with Crippen molar-refractivity contribution in [3.8, 4) is 11.1 Å². The van der Waals surface area contributed by atoms with Gasteiger partial charge in [0.1, 0.15) is 5.82 Å². The molecule has 0 aliphatic carbocycles. The van der Waals surface area contributed by atoms with Gasteiger partial charge in [-0.05, 0) is 31.2 Å². The van der Waals surface area contributed by atoms with Crippen molar-refractivity contribution < 1.29 is 14.3 Å². The zero-order chi connectivity index (χ0) is 19.8. The second-order valence-corrected chi connectivity index (χ2v) is 8.29. The van der Waals surface area contributed by atoms with Crippen molar-refractivity contribution >= 4 is 23.3 Å². The smallest absolute Gasteiger partial charge is 0.307 e. The van der Waals surface area contributed by atoms with Crippen LogP contribution in [0.1, 0.15) is 37.9 Å². The highest BCUT2D eigenvalue weighted by Crippen LogP contribution is 2.42. The molecule has 1 N–H and O–H groups in total. The number of hydrogen-bond donors (Lipinski definition) is 1. The zero-order valence-corrected chi connectivity index (χ0v) is 16.6. The van der Waals surface area contributed by atoms with Gasteiger partial charge in [-0.1, -0.05) is 37.6 Å². The first-order chi connectivity index (χ1) is 12.7. The van der Waals surface area contributed by atoms with Crippen molar-refractivity contribution in [2.75, 3.05) is 18.0 Å². The van der Waals surface area contributed by atoms with Crippen LogP contribution in [0.3, 0.4) is 0 Å². The van der Waals surface area contributed by atoms with Crippen LogP contribution >= 0.6 is 11.6 Å². The Labute approximate surface area is 164 Å². The number of hydrogen-bond acceptors (Lipinski definition) is 3. The molecule has 3 rings (SSSR count). The minimum Gasteiger partial charge on any atom is -0.481 e. The second-order valence-electron chi connectivity index (χ2n) is 7.91. The van der Waals surface area contributed by atoms with Gasteiger partial charge >= 0.3 is 5.97 Å². The average Bonchev–Trinajstić information content (AvgIpc) is 2.59. The molecule has 0 amide bonds. The number of carboxylic acids is 1. The third kappa shape index (κ3) is 4.08. The summed E-state index contributed by atoms with van der Waals surface area (Å²) in [5, 5.41) is 9.46. The second kappa shape index (κ2) is 7.47. The number of carbonyl (C=O) groups is 1. The maximum atomic E-state index is 14.1. The first-order valence-electron chi connectivity index (χ1n) is 9.09. The third-order valence-electron chi connectivity index (χ3n) is 5.37. The molecule has 1 fully saturated rings. The molecular formula is C21H24ClFN2O2. The number of nitrogens with zero attached hydrogens (tertiary/aromatic N) is 2. The van der Waals surface area contributed by atoms with E-state index in [9.17, 15) is 14.3 Å². The number of piperidine rings is 1. The summed E-state index contributed by atoms with van der Waals surface area (Å²) in [5.41, 5.74) is 3.63. The van der Waals surface area contributed by atoms with E-state index in [1.807, 2.05) is 6.92 Å². The van der Waals surface area contributed by atoms with Gasteiger partial charge in [0.2, 0.25) is 0 Å². The van der Waals surface area contributed by atoms with Gasteiger partial charge in [-0.3, -0.25) is 9.78 Å². The molecule has 1 aliphatic rings. The van der Waals surface area contributed by atoms with E-state index in [1.165, 1.54) is 6.07 Å². The van der Waals surface area contributed by atoms with Crippen LogP contribution in [0.4, 0.5) is 10.1 Å². The molecule has 1 aromatic carbocycles. The Morgan fingerprint density at radius 1 is 1.30 bits per heavy atom. The van der Waals surface area contributed by atoms with Crippen molar-refractivity contribution in [2.24, 2.45) is 5.41 Å². The highest BCUT2D eigenvalue weighted by atomic mass is 35.5. The Bertz CT molecular complexity index is 873. The lowest BCUT2D eigenvalue weighted by atomic mass is 9.82. The number of carboxylic acid groups (broad SMARTS) is 1. The first kappa shape index (κ1) is 19.6.